The third-order valence-electron chi connectivity index (χ3n) is 9.54. The van der Waals surface area contributed by atoms with Crippen molar-refractivity contribution in [1.29, 1.82) is 0 Å². The number of alkyl halides is 1. The van der Waals surface area contributed by atoms with Crippen molar-refractivity contribution < 1.29 is 14.0 Å². The highest BCUT2D eigenvalue weighted by Crippen LogP contribution is 2.35. The summed E-state index contributed by atoms with van der Waals surface area (Å²) >= 11 is 0. The molecule has 0 saturated carbocycles. The summed E-state index contributed by atoms with van der Waals surface area (Å²) in [5.41, 5.74) is 5.34. The Morgan fingerprint density at radius 2 is 1.16 bits per heavy atom. The molecule has 5 atom stereocenters. The smallest absolute Gasteiger partial charge is 0.237 e. The minimum atomic E-state index is -1.00. The maximum Gasteiger partial charge on any atom is 0.237 e. The zero-order valence-corrected chi connectivity index (χ0v) is 29.3. The number of nitrogens with zero attached hydrogens (tertiary/aromatic N) is 2. The van der Waals surface area contributed by atoms with E-state index in [1.807, 2.05) is 27.0 Å². The second-order valence-electron chi connectivity index (χ2n) is 15.6. The molecule has 11 heteroatoms. The SMILES string of the molecule is CC(C)(C)[C@H](NC(=O)[C@@H]1CCCN1)c1ncc(-c2ccc(-c3ccc(-c4cnc([C@@H](NC(=O)[C@@H]5C[C@@H](F)CN5)C(C)(C)C)[nH]4)cc3)cc2)[nH]1. The van der Waals surface area contributed by atoms with Crippen LogP contribution in [-0.4, -0.2) is 63.1 Å². The summed E-state index contributed by atoms with van der Waals surface area (Å²) in [6, 6.07) is 15.3. The second-order valence-corrected chi connectivity index (χ2v) is 15.6. The van der Waals surface area contributed by atoms with Gasteiger partial charge in [-0.15, -0.1) is 0 Å². The molecule has 2 aliphatic rings. The molecule has 2 fully saturated rings. The van der Waals surface area contributed by atoms with E-state index in [-0.39, 0.29) is 53.7 Å². The first-order chi connectivity index (χ1) is 23.3. The number of benzene rings is 2. The molecule has 2 saturated heterocycles. The molecule has 0 aliphatic carbocycles. The van der Waals surface area contributed by atoms with Crippen molar-refractivity contribution >= 4 is 11.8 Å². The summed E-state index contributed by atoms with van der Waals surface area (Å²) in [5, 5.41) is 12.6. The molecule has 2 aromatic carbocycles. The van der Waals surface area contributed by atoms with Crippen molar-refractivity contribution in [1.82, 2.24) is 41.2 Å². The topological polar surface area (TPSA) is 140 Å². The third kappa shape index (κ3) is 7.94. The first kappa shape index (κ1) is 34.5. The Kier molecular flexibility index (Phi) is 9.77. The van der Waals surface area contributed by atoms with Crippen LogP contribution in [0.4, 0.5) is 4.39 Å². The molecule has 2 aliphatic heterocycles. The molecule has 10 nitrogen and oxygen atoms in total. The highest BCUT2D eigenvalue weighted by molar-refractivity contribution is 5.83. The van der Waals surface area contributed by atoms with Gasteiger partial charge in [-0.3, -0.25) is 9.59 Å². The van der Waals surface area contributed by atoms with Crippen LogP contribution in [0.5, 0.6) is 0 Å². The van der Waals surface area contributed by atoms with Gasteiger partial charge in [-0.2, -0.15) is 0 Å². The van der Waals surface area contributed by atoms with E-state index < -0.39 is 12.2 Å². The van der Waals surface area contributed by atoms with Gasteiger partial charge in [0.1, 0.15) is 17.8 Å². The number of imidazole rings is 2. The molecule has 49 heavy (non-hydrogen) atoms. The van der Waals surface area contributed by atoms with Crippen LogP contribution in [0, 0.1) is 10.8 Å². The number of aromatic amines is 2. The number of aromatic nitrogens is 4. The molecule has 4 aromatic rings. The van der Waals surface area contributed by atoms with Gasteiger partial charge in [0, 0.05) is 13.0 Å². The highest BCUT2D eigenvalue weighted by Gasteiger charge is 2.36. The average Bonchev–Trinajstić information content (AvgIpc) is 3.89. The average molecular weight is 669 g/mol. The lowest BCUT2D eigenvalue weighted by molar-refractivity contribution is -0.125. The number of nitrogens with one attached hydrogen (secondary N) is 6. The monoisotopic (exact) mass is 668 g/mol. The lowest BCUT2D eigenvalue weighted by atomic mass is 9.86. The first-order valence-electron chi connectivity index (χ1n) is 17.3. The normalized spacial score (nSPS) is 21.0. The van der Waals surface area contributed by atoms with Gasteiger partial charge in [0.2, 0.25) is 11.8 Å². The second kappa shape index (κ2) is 13.9. The van der Waals surface area contributed by atoms with Crippen LogP contribution in [0.3, 0.4) is 0 Å². The van der Waals surface area contributed by atoms with Crippen molar-refractivity contribution in [2.75, 3.05) is 13.1 Å². The summed E-state index contributed by atoms with van der Waals surface area (Å²) < 4.78 is 13.7. The summed E-state index contributed by atoms with van der Waals surface area (Å²) in [5.74, 6) is 1.21. The summed E-state index contributed by atoms with van der Waals surface area (Å²) in [6.45, 7) is 13.5. The van der Waals surface area contributed by atoms with Crippen LogP contribution in [0.15, 0.2) is 60.9 Å². The molecule has 6 N–H and O–H groups in total. The van der Waals surface area contributed by atoms with E-state index in [0.717, 1.165) is 58.9 Å². The van der Waals surface area contributed by atoms with Crippen LogP contribution in [0.2, 0.25) is 0 Å². The lowest BCUT2D eigenvalue weighted by Crippen LogP contribution is -2.45. The Hall–Kier alpha value is -4.35. The van der Waals surface area contributed by atoms with Crippen molar-refractivity contribution in [3.63, 3.8) is 0 Å². The van der Waals surface area contributed by atoms with E-state index in [9.17, 15) is 14.0 Å². The summed E-state index contributed by atoms with van der Waals surface area (Å²) in [6.07, 6.45) is 4.66. The molecule has 2 amide bonds. The zero-order chi connectivity index (χ0) is 34.9. The fourth-order valence-electron chi connectivity index (χ4n) is 6.62. The number of hydrogen-bond acceptors (Lipinski definition) is 6. The van der Waals surface area contributed by atoms with Crippen molar-refractivity contribution in [3.8, 4) is 33.6 Å². The minimum absolute atomic E-state index is 0.0205. The predicted molar refractivity (Wildman–Crippen MR) is 190 cm³/mol. The van der Waals surface area contributed by atoms with E-state index in [1.165, 1.54) is 0 Å². The van der Waals surface area contributed by atoms with Crippen LogP contribution < -0.4 is 21.3 Å². The number of carbonyl (C=O) groups is 2. The number of amides is 2. The molecular formula is C38H49FN8O2. The number of rotatable bonds is 9. The van der Waals surface area contributed by atoms with Gasteiger partial charge in [-0.05, 0) is 52.5 Å². The largest absolute Gasteiger partial charge is 0.344 e. The molecule has 2 aromatic heterocycles. The molecule has 0 bridgehead atoms. The van der Waals surface area contributed by atoms with E-state index in [4.69, 9.17) is 0 Å². The fraction of sp³-hybridized carbons (Fsp3) is 0.474. The lowest BCUT2D eigenvalue weighted by Gasteiger charge is -2.31. The van der Waals surface area contributed by atoms with Gasteiger partial charge in [-0.25, -0.2) is 14.4 Å². The van der Waals surface area contributed by atoms with Crippen molar-refractivity contribution in [3.05, 3.63) is 72.6 Å². The van der Waals surface area contributed by atoms with E-state index in [0.29, 0.717) is 5.82 Å². The first-order valence-corrected chi connectivity index (χ1v) is 17.3. The molecule has 260 valence electrons. The minimum Gasteiger partial charge on any atom is -0.344 e. The predicted octanol–water partition coefficient (Wildman–Crippen LogP) is 5.99. The standard InChI is InChI=1S/C38H49FN8O2/c1-37(2,3)31(46-35(48)27-8-7-17-40-27)33-42-20-29(44-33)24-13-9-22(10-14-24)23-11-15-25(16-12-23)30-21-43-34(45-30)32(38(4,5)6)47-36(49)28-18-26(39)19-41-28/h9-16,20-21,26-28,31-32,40-41H,7-8,17-19H2,1-6H3,(H,42,44)(H,43,45)(H,46,48)(H,47,49)/t26-,27+,28+,31-,32-/m1/s1. The van der Waals surface area contributed by atoms with E-state index in [1.54, 1.807) is 6.20 Å². The van der Waals surface area contributed by atoms with Crippen LogP contribution in [-0.2, 0) is 9.59 Å². The van der Waals surface area contributed by atoms with Crippen molar-refractivity contribution in [2.24, 2.45) is 10.8 Å². The van der Waals surface area contributed by atoms with Gasteiger partial charge in [0.05, 0.1) is 47.9 Å². The van der Waals surface area contributed by atoms with Crippen LogP contribution >= 0.6 is 0 Å². The highest BCUT2D eigenvalue weighted by atomic mass is 19.1. The molecule has 0 radical (unpaired) electrons. The van der Waals surface area contributed by atoms with Gasteiger partial charge >= 0.3 is 0 Å². The van der Waals surface area contributed by atoms with Crippen LogP contribution in [0.1, 0.15) is 84.5 Å². The Morgan fingerprint density at radius 3 is 1.55 bits per heavy atom. The molecule has 4 heterocycles. The van der Waals surface area contributed by atoms with Crippen molar-refractivity contribution in [2.45, 2.75) is 91.1 Å². The van der Waals surface area contributed by atoms with E-state index in [2.05, 4.69) is 111 Å². The summed E-state index contributed by atoms with van der Waals surface area (Å²) in [4.78, 5) is 42.0. The molecular weight excluding hydrogens is 619 g/mol. The number of hydrogen-bond donors (Lipinski definition) is 6. The Morgan fingerprint density at radius 1 is 0.714 bits per heavy atom. The van der Waals surface area contributed by atoms with Gasteiger partial charge < -0.3 is 31.2 Å². The maximum atomic E-state index is 13.7. The van der Waals surface area contributed by atoms with E-state index >= 15 is 0 Å². The van der Waals surface area contributed by atoms with Gasteiger partial charge in [-0.1, -0.05) is 90.1 Å². The number of carbonyl (C=O) groups excluding carboxylic acids is 2. The number of halogens is 1. The number of H-pyrrole nitrogens is 2. The Bertz CT molecular complexity index is 1740. The third-order valence-corrected chi connectivity index (χ3v) is 9.54. The fourth-order valence-corrected chi connectivity index (χ4v) is 6.62. The maximum absolute atomic E-state index is 13.7. The zero-order valence-electron chi connectivity index (χ0n) is 29.3. The molecule has 6 rings (SSSR count). The Balaban J connectivity index is 1.13. The van der Waals surface area contributed by atoms with Gasteiger partial charge in [0.25, 0.3) is 0 Å². The molecule has 0 unspecified atom stereocenters. The molecule has 0 spiro atoms. The quantitative estimate of drug-likeness (QED) is 0.130. The van der Waals surface area contributed by atoms with Crippen LogP contribution in [0.25, 0.3) is 33.6 Å². The Labute approximate surface area is 287 Å². The van der Waals surface area contributed by atoms with Gasteiger partial charge in [0.15, 0.2) is 0 Å². The summed E-state index contributed by atoms with van der Waals surface area (Å²) in [7, 11) is 0.